The first-order chi connectivity index (χ1) is 15.7. The van der Waals surface area contributed by atoms with E-state index in [9.17, 15) is 18.0 Å². The number of carbonyl (C=O) groups is 2. The first-order valence-corrected chi connectivity index (χ1v) is 11.3. The Balaban J connectivity index is 1.64. The van der Waals surface area contributed by atoms with Crippen molar-refractivity contribution in [3.8, 4) is 5.75 Å². The van der Waals surface area contributed by atoms with Crippen LogP contribution in [0.15, 0.2) is 71.8 Å². The monoisotopic (exact) mass is 489 g/mol. The highest BCUT2D eigenvalue weighted by molar-refractivity contribution is 7.92. The fourth-order valence-corrected chi connectivity index (χ4v) is 4.10. The molecule has 3 aromatic rings. The van der Waals surface area contributed by atoms with Crippen molar-refractivity contribution >= 4 is 45.0 Å². The lowest BCUT2D eigenvalue weighted by molar-refractivity contribution is -0.119. The van der Waals surface area contributed by atoms with Crippen molar-refractivity contribution in [1.29, 1.82) is 0 Å². The van der Waals surface area contributed by atoms with Crippen LogP contribution >= 0.6 is 11.6 Å². The number of sulfonamides is 1. The normalized spacial score (nSPS) is 10.9. The molecule has 0 spiro atoms. The topological polar surface area (TPSA) is 115 Å². The Kier molecular flexibility index (Phi) is 7.52. The molecule has 1 heterocycles. The number of ether oxygens (including phenoxy) is 2. The molecule has 0 aliphatic heterocycles. The highest BCUT2D eigenvalue weighted by atomic mass is 35.5. The molecule has 11 heteroatoms. The number of hydrogen-bond donors (Lipinski definition) is 1. The minimum absolute atomic E-state index is 0.0287. The number of methoxy groups -OCH3 is 1. The van der Waals surface area contributed by atoms with Gasteiger partial charge in [-0.2, -0.15) is 0 Å². The Hall–Kier alpha value is -3.63. The molecular weight excluding hydrogens is 470 g/mol. The Morgan fingerprint density at radius 1 is 1.06 bits per heavy atom. The second-order valence-electron chi connectivity index (χ2n) is 6.65. The maximum absolute atomic E-state index is 13.0. The first-order valence-electron chi connectivity index (χ1n) is 9.53. The van der Waals surface area contributed by atoms with Gasteiger partial charge in [-0.1, -0.05) is 23.7 Å². The van der Waals surface area contributed by atoms with E-state index in [1.54, 1.807) is 30.3 Å². The summed E-state index contributed by atoms with van der Waals surface area (Å²) in [7, 11) is -1.05. The SMILES string of the molecule is COc1ccccc1N(C)S(=O)(=O)c1ccc(C(=O)OCC(=O)Nc2ccc(Cl)cn2)cc1. The summed E-state index contributed by atoms with van der Waals surface area (Å²) in [5.74, 6) is -0.711. The molecular formula is C22H20ClN3O6S. The second-order valence-corrected chi connectivity index (χ2v) is 9.06. The quantitative estimate of drug-likeness (QED) is 0.482. The van der Waals surface area contributed by atoms with Crippen molar-refractivity contribution in [2.45, 2.75) is 4.90 Å². The smallest absolute Gasteiger partial charge is 0.338 e. The van der Waals surface area contributed by atoms with Crippen LogP contribution in [0.4, 0.5) is 11.5 Å². The third kappa shape index (κ3) is 5.79. The zero-order valence-corrected chi connectivity index (χ0v) is 19.3. The molecule has 0 radical (unpaired) electrons. The Bertz CT molecular complexity index is 1250. The molecule has 0 fully saturated rings. The number of amides is 1. The van der Waals surface area contributed by atoms with Crippen LogP contribution in [0.1, 0.15) is 10.4 Å². The van der Waals surface area contributed by atoms with Crippen LogP contribution in [0.5, 0.6) is 5.75 Å². The number of pyridine rings is 1. The number of nitrogens with one attached hydrogen (secondary N) is 1. The predicted octanol–water partition coefficient (Wildman–Crippen LogP) is 3.36. The molecule has 1 amide bonds. The van der Waals surface area contributed by atoms with Crippen LogP contribution < -0.4 is 14.4 Å². The van der Waals surface area contributed by atoms with Crippen LogP contribution in [-0.4, -0.2) is 46.0 Å². The van der Waals surface area contributed by atoms with Crippen molar-refractivity contribution in [1.82, 2.24) is 4.98 Å². The molecule has 0 atom stereocenters. The summed E-state index contributed by atoms with van der Waals surface area (Å²) in [6.45, 7) is -0.542. The van der Waals surface area contributed by atoms with Gasteiger partial charge >= 0.3 is 5.97 Å². The van der Waals surface area contributed by atoms with Gasteiger partial charge in [0.15, 0.2) is 6.61 Å². The summed E-state index contributed by atoms with van der Waals surface area (Å²) >= 11 is 5.73. The largest absolute Gasteiger partial charge is 0.495 e. The molecule has 0 aliphatic carbocycles. The molecule has 2 aromatic carbocycles. The summed E-state index contributed by atoms with van der Waals surface area (Å²) in [4.78, 5) is 28.0. The third-order valence-corrected chi connectivity index (χ3v) is 6.51. The third-order valence-electron chi connectivity index (χ3n) is 4.50. The van der Waals surface area contributed by atoms with Crippen LogP contribution in [-0.2, 0) is 19.6 Å². The number of halogens is 1. The number of hydrogen-bond acceptors (Lipinski definition) is 7. The number of para-hydroxylation sites is 2. The molecule has 1 N–H and O–H groups in total. The summed E-state index contributed by atoms with van der Waals surface area (Å²) in [6, 6.07) is 14.9. The molecule has 1 aromatic heterocycles. The highest BCUT2D eigenvalue weighted by Crippen LogP contribution is 2.30. The molecule has 172 valence electrons. The van der Waals surface area contributed by atoms with Gasteiger partial charge in [0.25, 0.3) is 15.9 Å². The predicted molar refractivity (Wildman–Crippen MR) is 123 cm³/mol. The van der Waals surface area contributed by atoms with E-state index in [-0.39, 0.29) is 16.3 Å². The fraction of sp³-hybridized carbons (Fsp3) is 0.136. The summed E-state index contributed by atoms with van der Waals surface area (Å²) < 4.78 is 37.3. The van der Waals surface area contributed by atoms with Crippen molar-refractivity contribution in [2.75, 3.05) is 30.4 Å². The van der Waals surface area contributed by atoms with E-state index in [1.807, 2.05) is 0 Å². The molecule has 0 unspecified atom stereocenters. The van der Waals surface area contributed by atoms with E-state index in [2.05, 4.69) is 10.3 Å². The van der Waals surface area contributed by atoms with E-state index in [1.165, 1.54) is 50.7 Å². The molecule has 0 saturated heterocycles. The van der Waals surface area contributed by atoms with Gasteiger partial charge in [-0.05, 0) is 48.5 Å². The molecule has 0 bridgehead atoms. The standard InChI is InChI=1S/C22H20ClN3O6S/c1-26(18-5-3-4-6-19(18)31-2)33(29,30)17-10-7-15(8-11-17)22(28)32-14-21(27)25-20-12-9-16(23)13-24-20/h3-13H,14H2,1-2H3,(H,24,25,27). The van der Waals surface area contributed by atoms with Crippen LogP contribution in [0.3, 0.4) is 0 Å². The molecule has 33 heavy (non-hydrogen) atoms. The summed E-state index contributed by atoms with van der Waals surface area (Å²) in [5.41, 5.74) is 0.455. The molecule has 0 aliphatic rings. The first kappa shape index (κ1) is 24.0. The van der Waals surface area contributed by atoms with Crippen LogP contribution in [0, 0.1) is 0 Å². The molecule has 3 rings (SSSR count). The van der Waals surface area contributed by atoms with Gasteiger partial charge in [0.2, 0.25) is 0 Å². The number of esters is 1. The number of anilines is 2. The summed E-state index contributed by atoms with van der Waals surface area (Å²) in [5, 5.41) is 2.88. The maximum atomic E-state index is 13.0. The van der Waals surface area contributed by atoms with Crippen molar-refractivity contribution in [2.24, 2.45) is 0 Å². The zero-order valence-electron chi connectivity index (χ0n) is 17.7. The van der Waals surface area contributed by atoms with E-state index < -0.39 is 28.5 Å². The van der Waals surface area contributed by atoms with Gasteiger partial charge in [-0.15, -0.1) is 0 Å². The Morgan fingerprint density at radius 3 is 2.39 bits per heavy atom. The minimum atomic E-state index is -3.91. The van der Waals surface area contributed by atoms with Crippen molar-refractivity contribution < 1.29 is 27.5 Å². The van der Waals surface area contributed by atoms with Crippen molar-refractivity contribution in [3.05, 3.63) is 77.4 Å². The van der Waals surface area contributed by atoms with E-state index >= 15 is 0 Å². The lowest BCUT2D eigenvalue weighted by atomic mass is 10.2. The van der Waals surface area contributed by atoms with E-state index in [0.29, 0.717) is 16.5 Å². The fourth-order valence-electron chi connectivity index (χ4n) is 2.78. The number of rotatable bonds is 8. The lowest BCUT2D eigenvalue weighted by Crippen LogP contribution is -2.27. The summed E-state index contributed by atoms with van der Waals surface area (Å²) in [6.07, 6.45) is 1.37. The number of aromatic nitrogens is 1. The van der Waals surface area contributed by atoms with Crippen LogP contribution in [0.2, 0.25) is 5.02 Å². The Labute approximate surface area is 196 Å². The van der Waals surface area contributed by atoms with Crippen LogP contribution in [0.25, 0.3) is 0 Å². The Morgan fingerprint density at radius 2 is 1.76 bits per heavy atom. The minimum Gasteiger partial charge on any atom is -0.495 e. The maximum Gasteiger partial charge on any atom is 0.338 e. The highest BCUT2D eigenvalue weighted by Gasteiger charge is 2.24. The van der Waals surface area contributed by atoms with Crippen molar-refractivity contribution in [3.63, 3.8) is 0 Å². The average Bonchev–Trinajstić information content (AvgIpc) is 2.83. The van der Waals surface area contributed by atoms with Gasteiger partial charge in [-0.3, -0.25) is 9.10 Å². The molecule has 0 saturated carbocycles. The van der Waals surface area contributed by atoms with Gasteiger partial charge in [-0.25, -0.2) is 18.2 Å². The second kappa shape index (κ2) is 10.3. The lowest BCUT2D eigenvalue weighted by Gasteiger charge is -2.21. The van der Waals surface area contributed by atoms with E-state index in [4.69, 9.17) is 21.1 Å². The number of carbonyl (C=O) groups excluding carboxylic acids is 2. The van der Waals surface area contributed by atoms with Gasteiger partial charge < -0.3 is 14.8 Å². The zero-order chi connectivity index (χ0) is 24.0. The van der Waals surface area contributed by atoms with Gasteiger partial charge in [0.1, 0.15) is 11.6 Å². The van der Waals surface area contributed by atoms with Gasteiger partial charge in [0, 0.05) is 13.2 Å². The number of benzene rings is 2. The molecule has 9 nitrogen and oxygen atoms in total. The van der Waals surface area contributed by atoms with Gasteiger partial charge in [0.05, 0.1) is 28.3 Å². The number of nitrogens with zero attached hydrogens (tertiary/aromatic N) is 2. The van der Waals surface area contributed by atoms with E-state index in [0.717, 1.165) is 4.31 Å². The average molecular weight is 490 g/mol.